The highest BCUT2D eigenvalue weighted by molar-refractivity contribution is 7.80. The van der Waals surface area contributed by atoms with E-state index in [-0.39, 0.29) is 43.8 Å². The van der Waals surface area contributed by atoms with Crippen molar-refractivity contribution in [1.29, 1.82) is 0 Å². The maximum atomic E-state index is 10.6. The lowest BCUT2D eigenvalue weighted by Gasteiger charge is -2.04. The Kier molecular flexibility index (Phi) is 42.9. The van der Waals surface area contributed by atoms with E-state index in [2.05, 4.69) is 28.3 Å². The number of nitrogens with one attached hydrogen (secondary N) is 1. The maximum absolute atomic E-state index is 10.6. The second-order valence-electron chi connectivity index (χ2n) is 14.0. The molecule has 32 N–H and O–H groups in total. The van der Waals surface area contributed by atoms with Gasteiger partial charge in [0, 0.05) is 48.7 Å². The predicted octanol–water partition coefficient (Wildman–Crippen LogP) is -6.02. The largest absolute Gasteiger partial charge is 0.481 e. The lowest BCUT2D eigenvalue weighted by Crippen LogP contribution is -2.34. The van der Waals surface area contributed by atoms with Crippen molar-refractivity contribution in [2.45, 2.75) is 100 Å². The highest BCUT2D eigenvalue weighted by atomic mass is 32.1. The fourth-order valence-corrected chi connectivity index (χ4v) is 3.91. The monoisotopic (exact) mass is 1060 g/mol. The van der Waals surface area contributed by atoms with E-state index in [9.17, 15) is 52.7 Å². The number of para-hydroxylation sites is 1. The number of hydrogen-bond donors (Lipinski definition) is 22. The number of aliphatic carboxylic acids is 9. The normalized spacial score (nSPS) is 12.6. The number of nitrogens with two attached hydrogens (primary N) is 11. The minimum absolute atomic E-state index is 0.0129. The Bertz CT molecular complexity index is 1990. The minimum Gasteiger partial charge on any atom is -0.481 e. The summed E-state index contributed by atoms with van der Waals surface area (Å²) in [5.74, 6) is -11.0. The molecule has 410 valence electrons. The van der Waals surface area contributed by atoms with Gasteiger partial charge in [-0.2, -0.15) is 12.6 Å². The molecule has 0 radical (unpaired) electrons. The van der Waals surface area contributed by atoms with Crippen molar-refractivity contribution in [3.63, 3.8) is 0 Å². The van der Waals surface area contributed by atoms with Crippen molar-refractivity contribution >= 4 is 95.0 Å². The highest BCUT2D eigenvalue weighted by Gasteiger charge is 2.17. The Labute approximate surface area is 414 Å². The van der Waals surface area contributed by atoms with Crippen molar-refractivity contribution in [2.24, 2.45) is 68.1 Å². The maximum Gasteiger partial charge on any atom is 0.321 e. The average Bonchev–Trinajstić information content (AvgIpc) is 3.68. The molecule has 0 aliphatic carbocycles. The molecular weight excluding hydrogens is 991 g/mol. The molecule has 0 saturated carbocycles. The van der Waals surface area contributed by atoms with E-state index < -0.39 is 114 Å². The molecule has 72 heavy (non-hydrogen) atoms. The smallest absolute Gasteiger partial charge is 0.321 e. The van der Waals surface area contributed by atoms with Gasteiger partial charge in [0.2, 0.25) is 11.8 Å². The second-order valence-corrected chi connectivity index (χ2v) is 14.4. The van der Waals surface area contributed by atoms with Crippen LogP contribution in [-0.2, 0) is 59.2 Å². The minimum atomic E-state index is -1.29. The third-order valence-corrected chi connectivity index (χ3v) is 8.08. The number of thiol groups is 1. The topological polar surface area (TPSA) is 684 Å². The van der Waals surface area contributed by atoms with Crippen molar-refractivity contribution < 1.29 is 98.7 Å². The SMILES string of the molecule is NC(=O)CC(N)C(=O)O.NC(=O)CCC(N)C(=O)O.NC(CC(=O)O)C(=O)O.NC(CCC(=O)O)C(=O)O.NC(CS)C(=O)O.NC(Cc1c[nH]c2ccccc12)C(=O)O.NC(N)=NCCCC(N)C(=O)O. The van der Waals surface area contributed by atoms with Crippen LogP contribution in [0.3, 0.4) is 0 Å². The van der Waals surface area contributed by atoms with Gasteiger partial charge in [0.05, 0.1) is 12.8 Å². The number of nitrogens with zero attached hydrogens (tertiary/aromatic N) is 1. The third-order valence-electron chi connectivity index (χ3n) is 7.69. The first kappa shape index (κ1) is 73.2. The summed E-state index contributed by atoms with van der Waals surface area (Å²) in [4.78, 5) is 117. The molecule has 0 saturated heterocycles. The molecule has 1 aromatic carbocycles. The van der Waals surface area contributed by atoms with Gasteiger partial charge < -0.3 is 114 Å². The van der Waals surface area contributed by atoms with Crippen LogP contribution in [-0.4, -0.2) is 177 Å². The number of carboxylic acid groups (broad SMARTS) is 9. The van der Waals surface area contributed by atoms with Gasteiger partial charge in [-0.3, -0.25) is 57.7 Å². The molecule has 7 unspecified atom stereocenters. The van der Waals surface area contributed by atoms with Gasteiger partial charge in [-0.25, -0.2) is 0 Å². The van der Waals surface area contributed by atoms with E-state index in [0.29, 0.717) is 25.8 Å². The van der Waals surface area contributed by atoms with E-state index >= 15 is 0 Å². The molecule has 0 spiro atoms. The quantitative estimate of drug-likeness (QED) is 0.0201. The molecule has 2 aromatic rings. The number of carbonyl (C=O) groups excluding carboxylic acids is 2. The lowest BCUT2D eigenvalue weighted by molar-refractivity contribution is -0.144. The number of H-pyrrole nitrogens is 1. The number of aliphatic imine (C=N–C) groups is 1. The van der Waals surface area contributed by atoms with Crippen LogP contribution in [0, 0.1) is 0 Å². The van der Waals surface area contributed by atoms with Crippen LogP contribution >= 0.6 is 12.6 Å². The van der Waals surface area contributed by atoms with Crippen molar-refractivity contribution in [2.75, 3.05) is 12.3 Å². The Balaban J connectivity index is -0.000000246. The van der Waals surface area contributed by atoms with E-state index in [1.165, 1.54) is 0 Å². The number of rotatable bonds is 24. The van der Waals surface area contributed by atoms with Crippen LogP contribution in [0.25, 0.3) is 10.9 Å². The van der Waals surface area contributed by atoms with E-state index in [4.69, 9.17) is 103 Å². The summed E-state index contributed by atoms with van der Waals surface area (Å²) in [5.41, 5.74) is 56.9. The molecule has 1 aromatic heterocycles. The zero-order valence-corrected chi connectivity index (χ0v) is 39.4. The van der Waals surface area contributed by atoms with E-state index in [1.807, 2.05) is 30.5 Å². The second kappa shape index (κ2) is 42.2. The van der Waals surface area contributed by atoms with Gasteiger partial charge in [0.1, 0.15) is 42.3 Å². The summed E-state index contributed by atoms with van der Waals surface area (Å²) in [5, 5.41) is 74.8. The number of guanidine groups is 1. The molecule has 34 heteroatoms. The summed E-state index contributed by atoms with van der Waals surface area (Å²) in [7, 11) is 0. The van der Waals surface area contributed by atoms with Crippen LogP contribution in [0.2, 0.25) is 0 Å². The molecule has 2 amide bonds. The first-order valence-corrected chi connectivity index (χ1v) is 20.8. The number of benzene rings is 1. The number of fused-ring (bicyclic) bond motifs is 1. The third kappa shape index (κ3) is 46.0. The van der Waals surface area contributed by atoms with Crippen LogP contribution in [0.4, 0.5) is 0 Å². The van der Waals surface area contributed by atoms with Gasteiger partial charge in [-0.1, -0.05) is 18.2 Å². The number of aromatic amines is 1. The summed E-state index contributed by atoms with van der Waals surface area (Å²) >= 11 is 3.65. The number of carbonyl (C=O) groups is 11. The van der Waals surface area contributed by atoms with E-state index in [0.717, 1.165) is 16.5 Å². The number of amides is 2. The summed E-state index contributed by atoms with van der Waals surface area (Å²) in [6.45, 7) is 0.420. The van der Waals surface area contributed by atoms with Crippen LogP contribution in [0.5, 0.6) is 0 Å². The van der Waals surface area contributed by atoms with Crippen LogP contribution in [0.1, 0.15) is 56.9 Å². The molecule has 0 fully saturated rings. The Morgan fingerprint density at radius 1 is 0.500 bits per heavy atom. The Hall–Kier alpha value is -7.73. The van der Waals surface area contributed by atoms with Gasteiger partial charge in [-0.15, -0.1) is 0 Å². The Morgan fingerprint density at radius 2 is 0.903 bits per heavy atom. The summed E-state index contributed by atoms with van der Waals surface area (Å²) in [6.07, 6.45) is 2.17. The van der Waals surface area contributed by atoms with Gasteiger partial charge >= 0.3 is 53.7 Å². The molecule has 0 bridgehead atoms. The zero-order chi connectivity index (χ0) is 57.4. The molecular formula is C38H67N13O20S. The van der Waals surface area contributed by atoms with Crippen LogP contribution in [0.15, 0.2) is 35.5 Å². The number of carboxylic acids is 9. The van der Waals surface area contributed by atoms with E-state index in [1.54, 1.807) is 0 Å². The number of hydrogen-bond acceptors (Lipinski definition) is 20. The van der Waals surface area contributed by atoms with Crippen LogP contribution < -0.4 is 63.1 Å². The zero-order valence-electron chi connectivity index (χ0n) is 38.5. The average molecular weight is 1060 g/mol. The standard InChI is InChI=1S/C11H12N2O2.C6H14N4O2.C5H10N2O3.C5H9NO4.C4H8N2O3.C4H7NO4.C3H7NO2S/c12-9(11(14)15)5-7-6-13-10-4-2-1-3-8(7)10;7-4(5(11)12)2-1-3-10-6(8)9;2*6-3(5(9)10)1-2-4(7)8;2*5-2(4(8)9)1-3(6)7;4-2(1-7)3(5)6/h1-4,6,9,13H,5,12H2,(H,14,15);4H,1-3,7H2,(H,11,12)(H4,8,9,10);3H,1-2,6H2,(H2,7,8)(H,9,10);3H,1-2,6H2,(H,7,8)(H,9,10);2H,1,5H2,(H2,6,7)(H,8,9);2H,1,5H2,(H,6,7)(H,8,9);2,7H,1,4H2,(H,5,6). The molecule has 0 aliphatic heterocycles. The molecule has 33 nitrogen and oxygen atoms in total. The molecule has 2 rings (SSSR count). The number of aromatic nitrogens is 1. The van der Waals surface area contributed by atoms with Crippen molar-refractivity contribution in [3.05, 3.63) is 36.0 Å². The predicted molar refractivity (Wildman–Crippen MR) is 256 cm³/mol. The lowest BCUT2D eigenvalue weighted by atomic mass is 10.1. The Morgan fingerprint density at radius 3 is 1.22 bits per heavy atom. The van der Waals surface area contributed by atoms with Crippen molar-refractivity contribution in [3.8, 4) is 0 Å². The highest BCUT2D eigenvalue weighted by Crippen LogP contribution is 2.18. The molecule has 1 heterocycles. The fourth-order valence-electron chi connectivity index (χ4n) is 3.75. The summed E-state index contributed by atoms with van der Waals surface area (Å²) in [6, 6.07) is 0.785. The van der Waals surface area contributed by atoms with Crippen molar-refractivity contribution in [1.82, 2.24) is 4.98 Å². The summed E-state index contributed by atoms with van der Waals surface area (Å²) < 4.78 is 0. The van der Waals surface area contributed by atoms with Gasteiger partial charge in [0.15, 0.2) is 5.96 Å². The molecule has 7 atom stereocenters. The fraction of sp³-hybridized carbons (Fsp3) is 0.474. The van der Waals surface area contributed by atoms with Gasteiger partial charge in [-0.05, 0) is 37.3 Å². The number of primary amides is 2. The first-order valence-electron chi connectivity index (χ1n) is 20.2. The van der Waals surface area contributed by atoms with Gasteiger partial charge in [0.25, 0.3) is 0 Å². The first-order chi connectivity index (χ1) is 33.0. The molecule has 0 aliphatic rings.